The minimum atomic E-state index is 0.536. The number of para-hydroxylation sites is 3. The van der Waals surface area contributed by atoms with E-state index in [9.17, 15) is 0 Å². The lowest BCUT2D eigenvalue weighted by Crippen LogP contribution is -2.00. The second-order valence-electron chi connectivity index (χ2n) is 17.5. The summed E-state index contributed by atoms with van der Waals surface area (Å²) in [5.41, 5.74) is 15.7. The molecule has 0 spiro atoms. The van der Waals surface area contributed by atoms with Crippen molar-refractivity contribution in [3.63, 3.8) is 0 Å². The smallest absolute Gasteiger partial charge is 0.167 e. The maximum Gasteiger partial charge on any atom is 0.167 e. The summed E-state index contributed by atoms with van der Waals surface area (Å²) in [4.78, 5) is 15.3. The van der Waals surface area contributed by atoms with Crippen LogP contribution in [0.1, 0.15) is 0 Å². The number of hydrogen-bond donors (Lipinski definition) is 0. The lowest BCUT2D eigenvalue weighted by molar-refractivity contribution is 0.668. The van der Waals surface area contributed by atoms with E-state index in [-0.39, 0.29) is 0 Å². The number of hydrogen-bond acceptors (Lipinski definition) is 5. The highest BCUT2D eigenvalue weighted by Gasteiger charge is 2.22. The molecule has 14 aromatic rings. The molecule has 4 heterocycles. The van der Waals surface area contributed by atoms with Gasteiger partial charge in [0.1, 0.15) is 22.3 Å². The van der Waals surface area contributed by atoms with Crippen molar-refractivity contribution < 1.29 is 8.83 Å². The average molecular weight is 883 g/mol. The van der Waals surface area contributed by atoms with Crippen molar-refractivity contribution in [3.05, 3.63) is 231 Å². The third-order valence-electron chi connectivity index (χ3n) is 13.5. The maximum absolute atomic E-state index is 7.10. The summed E-state index contributed by atoms with van der Waals surface area (Å²) in [7, 11) is 0. The van der Waals surface area contributed by atoms with Crippen LogP contribution in [0.3, 0.4) is 0 Å². The predicted molar refractivity (Wildman–Crippen MR) is 281 cm³/mol. The molecule has 4 aromatic heterocycles. The van der Waals surface area contributed by atoms with Gasteiger partial charge < -0.3 is 13.4 Å². The monoisotopic (exact) mass is 882 g/mol. The molecule has 322 valence electrons. The van der Waals surface area contributed by atoms with E-state index in [0.717, 1.165) is 94.0 Å². The Bertz CT molecular complexity index is 4290. The standard InChI is InChI=1S/C63H38N4O2/c1-4-15-39(16-5-1)41-29-31-43(32-30-41)62-64-61(42-19-8-3-9-20-42)65-63(66-62)51-26-13-25-50-49-24-12-23-48(59(49)69-60(50)51)47-22-14-28-57-58(47)53-38-45(34-36-56(53)68-57)67-54-27-11-10-21-46(54)52-37-44(33-35-55(52)67)40-17-6-2-7-18-40/h1-38H. The van der Waals surface area contributed by atoms with Gasteiger partial charge in [-0.25, -0.2) is 15.0 Å². The highest BCUT2D eigenvalue weighted by atomic mass is 16.3. The van der Waals surface area contributed by atoms with Gasteiger partial charge in [0, 0.05) is 54.7 Å². The highest BCUT2D eigenvalue weighted by Crippen LogP contribution is 2.44. The van der Waals surface area contributed by atoms with Crippen molar-refractivity contribution >= 4 is 65.7 Å². The number of aromatic nitrogens is 4. The number of nitrogens with zero attached hydrogens (tertiary/aromatic N) is 4. The van der Waals surface area contributed by atoms with Gasteiger partial charge in [0.05, 0.1) is 16.6 Å². The van der Waals surface area contributed by atoms with Gasteiger partial charge in [-0.05, 0) is 76.3 Å². The van der Waals surface area contributed by atoms with E-state index in [1.54, 1.807) is 0 Å². The Hall–Kier alpha value is -9.39. The van der Waals surface area contributed by atoms with Crippen molar-refractivity contribution in [3.8, 4) is 73.2 Å². The molecule has 0 saturated heterocycles. The summed E-state index contributed by atoms with van der Waals surface area (Å²) >= 11 is 0. The predicted octanol–water partition coefficient (Wildman–Crippen LogP) is 16.8. The first-order valence-electron chi connectivity index (χ1n) is 23.2. The van der Waals surface area contributed by atoms with E-state index in [1.165, 1.54) is 21.9 Å². The van der Waals surface area contributed by atoms with Gasteiger partial charge in [-0.15, -0.1) is 0 Å². The van der Waals surface area contributed by atoms with Crippen LogP contribution in [0.15, 0.2) is 239 Å². The lowest BCUT2D eigenvalue weighted by Gasteiger charge is -2.09. The summed E-state index contributed by atoms with van der Waals surface area (Å²) in [5, 5.41) is 6.46. The first-order chi connectivity index (χ1) is 34.2. The molecule has 0 radical (unpaired) electrons. The molecule has 0 aliphatic carbocycles. The van der Waals surface area contributed by atoms with Crippen LogP contribution in [0, 0.1) is 0 Å². The van der Waals surface area contributed by atoms with Crippen molar-refractivity contribution in [2.45, 2.75) is 0 Å². The minimum Gasteiger partial charge on any atom is -0.456 e. The molecule has 0 unspecified atom stereocenters. The molecule has 6 heteroatoms. The Kier molecular flexibility index (Phi) is 8.79. The van der Waals surface area contributed by atoms with Crippen molar-refractivity contribution in [1.82, 2.24) is 19.5 Å². The third kappa shape index (κ3) is 6.38. The van der Waals surface area contributed by atoms with Gasteiger partial charge in [0.2, 0.25) is 0 Å². The van der Waals surface area contributed by atoms with Crippen LogP contribution in [0.2, 0.25) is 0 Å². The molecule has 6 nitrogen and oxygen atoms in total. The van der Waals surface area contributed by atoms with Crippen molar-refractivity contribution in [2.75, 3.05) is 0 Å². The second kappa shape index (κ2) is 15.6. The van der Waals surface area contributed by atoms with E-state index in [0.29, 0.717) is 23.1 Å². The Morgan fingerprint density at radius 2 is 0.812 bits per heavy atom. The summed E-state index contributed by atoms with van der Waals surface area (Å²) in [5.74, 6) is 1.71. The lowest BCUT2D eigenvalue weighted by atomic mass is 9.97. The Labute approximate surface area is 396 Å². The second-order valence-corrected chi connectivity index (χ2v) is 17.5. The van der Waals surface area contributed by atoms with Crippen molar-refractivity contribution in [1.29, 1.82) is 0 Å². The fourth-order valence-corrected chi connectivity index (χ4v) is 10.2. The molecule has 0 fully saturated rings. The Balaban J connectivity index is 0.922. The first kappa shape index (κ1) is 38.8. The van der Waals surface area contributed by atoms with Crippen LogP contribution in [0.4, 0.5) is 0 Å². The topological polar surface area (TPSA) is 69.9 Å². The van der Waals surface area contributed by atoms with Gasteiger partial charge in [0.25, 0.3) is 0 Å². The fraction of sp³-hybridized carbons (Fsp3) is 0. The van der Waals surface area contributed by atoms with E-state index in [4.69, 9.17) is 23.8 Å². The molecule has 69 heavy (non-hydrogen) atoms. The summed E-state index contributed by atoms with van der Waals surface area (Å²) in [6.45, 7) is 0. The first-order valence-corrected chi connectivity index (χ1v) is 23.2. The molecule has 0 saturated carbocycles. The van der Waals surface area contributed by atoms with Crippen LogP contribution in [0.5, 0.6) is 0 Å². The zero-order valence-corrected chi connectivity index (χ0v) is 37.0. The van der Waals surface area contributed by atoms with Crippen LogP contribution >= 0.6 is 0 Å². The average Bonchev–Trinajstić information content (AvgIpc) is 4.11. The van der Waals surface area contributed by atoms with Gasteiger partial charge in [-0.1, -0.05) is 182 Å². The van der Waals surface area contributed by atoms with Gasteiger partial charge >= 0.3 is 0 Å². The molecule has 0 atom stereocenters. The molecule has 0 aliphatic rings. The molecule has 14 rings (SSSR count). The number of furan rings is 2. The van der Waals surface area contributed by atoms with Crippen molar-refractivity contribution in [2.24, 2.45) is 0 Å². The Morgan fingerprint density at radius 3 is 1.55 bits per heavy atom. The quantitative estimate of drug-likeness (QED) is 0.159. The van der Waals surface area contributed by atoms with Crippen LogP contribution in [-0.4, -0.2) is 19.5 Å². The SMILES string of the molecule is c1ccc(-c2ccc(-c3nc(-c4ccccc4)nc(-c4cccc5c4oc4c(-c6cccc7oc8ccc(-n9c%10ccccc%10c%10cc(-c%11ccccc%11)ccc%109)cc8c67)cccc45)n3)cc2)cc1. The molecule has 10 aromatic carbocycles. The molecule has 0 amide bonds. The zero-order chi connectivity index (χ0) is 45.4. The number of benzene rings is 10. The molecule has 0 bridgehead atoms. The van der Waals surface area contributed by atoms with E-state index in [1.807, 2.05) is 42.5 Å². The third-order valence-corrected chi connectivity index (χ3v) is 13.5. The maximum atomic E-state index is 7.10. The molecular formula is C63H38N4O2. The minimum absolute atomic E-state index is 0.536. The Morgan fingerprint density at radius 1 is 0.290 bits per heavy atom. The summed E-state index contributed by atoms with van der Waals surface area (Å²) in [6.07, 6.45) is 0. The fourth-order valence-electron chi connectivity index (χ4n) is 10.2. The van der Waals surface area contributed by atoms with Gasteiger partial charge in [-0.2, -0.15) is 0 Å². The van der Waals surface area contributed by atoms with Crippen LogP contribution in [-0.2, 0) is 0 Å². The van der Waals surface area contributed by atoms with E-state index < -0.39 is 0 Å². The highest BCUT2D eigenvalue weighted by molar-refractivity contribution is 6.19. The molecule has 0 aliphatic heterocycles. The van der Waals surface area contributed by atoms with E-state index in [2.05, 4.69) is 193 Å². The molecular weight excluding hydrogens is 845 g/mol. The molecule has 0 N–H and O–H groups in total. The van der Waals surface area contributed by atoms with Crippen LogP contribution in [0.25, 0.3) is 139 Å². The summed E-state index contributed by atoms with van der Waals surface area (Å²) < 4.78 is 16.1. The number of rotatable bonds is 7. The largest absolute Gasteiger partial charge is 0.456 e. The van der Waals surface area contributed by atoms with E-state index >= 15 is 0 Å². The van der Waals surface area contributed by atoms with Gasteiger partial charge in [0.15, 0.2) is 17.5 Å². The van der Waals surface area contributed by atoms with Gasteiger partial charge in [-0.3, -0.25) is 0 Å². The summed E-state index contributed by atoms with van der Waals surface area (Å²) in [6, 6.07) is 80.3. The normalized spacial score (nSPS) is 11.8. The number of fused-ring (bicyclic) bond motifs is 9. The van der Waals surface area contributed by atoms with Crippen LogP contribution < -0.4 is 0 Å². The zero-order valence-electron chi connectivity index (χ0n) is 37.0.